The Balaban J connectivity index is 1.73. The molecule has 0 saturated carbocycles. The zero-order valence-corrected chi connectivity index (χ0v) is 12.1. The molecule has 0 aromatic heterocycles. The van der Waals surface area contributed by atoms with Gasteiger partial charge < -0.3 is 14.2 Å². The minimum atomic E-state index is -0.861. The Morgan fingerprint density at radius 2 is 2.00 bits per heavy atom. The van der Waals surface area contributed by atoms with Gasteiger partial charge in [-0.2, -0.15) is 0 Å². The molecule has 0 spiro atoms. The Hall–Kier alpha value is -3.22. The lowest BCUT2D eigenvalue weighted by Gasteiger charge is -2.00. The average molecular weight is 329 g/mol. The number of aliphatic imine (C=N–C) groups is 1. The number of halogens is 2. The van der Waals surface area contributed by atoms with Gasteiger partial charge in [-0.25, -0.2) is 18.6 Å². The van der Waals surface area contributed by atoms with E-state index in [4.69, 9.17) is 14.2 Å². The molecule has 4 rings (SSSR count). The van der Waals surface area contributed by atoms with E-state index in [0.29, 0.717) is 23.1 Å². The first-order chi connectivity index (χ1) is 11.6. The van der Waals surface area contributed by atoms with E-state index in [0.717, 1.165) is 12.1 Å². The fourth-order valence-corrected chi connectivity index (χ4v) is 2.40. The van der Waals surface area contributed by atoms with Crippen molar-refractivity contribution in [2.45, 2.75) is 0 Å². The summed E-state index contributed by atoms with van der Waals surface area (Å²) in [4.78, 5) is 16.0. The summed E-state index contributed by atoms with van der Waals surface area (Å²) < 4.78 is 42.4. The third-order valence-corrected chi connectivity index (χ3v) is 3.50. The maximum Gasteiger partial charge on any atom is 0.363 e. The smallest absolute Gasteiger partial charge is 0.363 e. The first-order valence-electron chi connectivity index (χ1n) is 6.98. The van der Waals surface area contributed by atoms with Gasteiger partial charge in [0.25, 0.3) is 0 Å². The number of esters is 1. The van der Waals surface area contributed by atoms with Crippen molar-refractivity contribution in [2.24, 2.45) is 4.99 Å². The number of nitrogens with zero attached hydrogens (tertiary/aromatic N) is 1. The van der Waals surface area contributed by atoms with Gasteiger partial charge >= 0.3 is 5.97 Å². The molecule has 0 fully saturated rings. The summed E-state index contributed by atoms with van der Waals surface area (Å²) in [6.45, 7) is 0.0925. The van der Waals surface area contributed by atoms with Gasteiger partial charge in [-0.1, -0.05) is 12.1 Å². The molecule has 0 aliphatic carbocycles. The molecular formula is C17H9F2NO4. The Morgan fingerprint density at radius 1 is 1.12 bits per heavy atom. The molecule has 0 atom stereocenters. The Bertz CT molecular complexity index is 921. The largest absolute Gasteiger partial charge is 0.454 e. The van der Waals surface area contributed by atoms with Crippen LogP contribution >= 0.6 is 0 Å². The van der Waals surface area contributed by atoms with Crippen LogP contribution in [0.3, 0.4) is 0 Å². The van der Waals surface area contributed by atoms with Crippen LogP contribution in [0.4, 0.5) is 8.78 Å². The SMILES string of the molecule is O=C1OC(c2ccc(F)cc2F)=N/C1=C\c1cccc2c1OCO2. The zero-order chi connectivity index (χ0) is 16.7. The fraction of sp³-hybridized carbons (Fsp3) is 0.0588. The van der Waals surface area contributed by atoms with Crippen LogP contribution < -0.4 is 9.47 Å². The van der Waals surface area contributed by atoms with Crippen molar-refractivity contribution in [3.8, 4) is 11.5 Å². The van der Waals surface area contributed by atoms with Gasteiger partial charge in [0.15, 0.2) is 17.2 Å². The first kappa shape index (κ1) is 14.4. The molecule has 7 heteroatoms. The summed E-state index contributed by atoms with van der Waals surface area (Å²) in [5.41, 5.74) is 0.477. The van der Waals surface area contributed by atoms with Crippen molar-refractivity contribution in [1.29, 1.82) is 0 Å². The van der Waals surface area contributed by atoms with Gasteiger partial charge in [0.1, 0.15) is 11.6 Å². The molecule has 24 heavy (non-hydrogen) atoms. The number of carbonyl (C=O) groups is 1. The number of cyclic esters (lactones) is 1. The third kappa shape index (κ3) is 2.40. The van der Waals surface area contributed by atoms with Gasteiger partial charge in [-0.15, -0.1) is 0 Å². The van der Waals surface area contributed by atoms with Crippen LogP contribution in [0, 0.1) is 11.6 Å². The summed E-state index contributed by atoms with van der Waals surface area (Å²) in [6, 6.07) is 8.12. The summed E-state index contributed by atoms with van der Waals surface area (Å²) in [5.74, 6) is -1.48. The van der Waals surface area contributed by atoms with Crippen LogP contribution in [0.25, 0.3) is 6.08 Å². The van der Waals surface area contributed by atoms with Gasteiger partial charge in [-0.05, 0) is 24.3 Å². The van der Waals surface area contributed by atoms with E-state index < -0.39 is 17.6 Å². The Morgan fingerprint density at radius 3 is 2.83 bits per heavy atom. The van der Waals surface area contributed by atoms with Crippen LogP contribution in [0.2, 0.25) is 0 Å². The lowest BCUT2D eigenvalue weighted by Crippen LogP contribution is -2.07. The molecular weight excluding hydrogens is 320 g/mol. The summed E-state index contributed by atoms with van der Waals surface area (Å²) in [5, 5.41) is 0. The van der Waals surface area contributed by atoms with E-state index in [1.807, 2.05) is 0 Å². The third-order valence-electron chi connectivity index (χ3n) is 3.50. The van der Waals surface area contributed by atoms with Crippen molar-refractivity contribution in [3.63, 3.8) is 0 Å². The highest BCUT2D eigenvalue weighted by Crippen LogP contribution is 2.37. The van der Waals surface area contributed by atoms with Gasteiger partial charge in [0, 0.05) is 11.6 Å². The standard InChI is InChI=1S/C17H9F2NO4/c18-10-4-5-11(12(19)7-10)16-20-13(17(21)24-16)6-9-2-1-3-14-15(9)23-8-22-14/h1-7H,8H2/b13-6-. The molecule has 0 radical (unpaired) electrons. The zero-order valence-electron chi connectivity index (χ0n) is 12.1. The van der Waals surface area contributed by atoms with E-state index in [1.54, 1.807) is 18.2 Å². The molecule has 2 aromatic rings. The molecule has 2 aromatic carbocycles. The minimum Gasteiger partial charge on any atom is -0.454 e. The maximum absolute atomic E-state index is 13.8. The highest BCUT2D eigenvalue weighted by molar-refractivity contribution is 6.13. The lowest BCUT2D eigenvalue weighted by molar-refractivity contribution is -0.129. The second-order valence-corrected chi connectivity index (χ2v) is 5.04. The molecule has 0 saturated heterocycles. The Kier molecular flexibility index (Phi) is 3.26. The van der Waals surface area contributed by atoms with Gasteiger partial charge in [-0.3, -0.25) is 0 Å². The lowest BCUT2D eigenvalue weighted by atomic mass is 10.1. The predicted octanol–water partition coefficient (Wildman–Crippen LogP) is 3.04. The number of para-hydroxylation sites is 1. The average Bonchev–Trinajstić information content (AvgIpc) is 3.15. The summed E-state index contributed by atoms with van der Waals surface area (Å²) in [7, 11) is 0. The number of hydrogen-bond acceptors (Lipinski definition) is 5. The summed E-state index contributed by atoms with van der Waals surface area (Å²) >= 11 is 0. The molecule has 0 unspecified atom stereocenters. The van der Waals surface area contributed by atoms with Crippen LogP contribution in [0.15, 0.2) is 47.1 Å². The fourth-order valence-electron chi connectivity index (χ4n) is 2.40. The monoisotopic (exact) mass is 329 g/mol. The normalized spacial score (nSPS) is 17.2. The van der Waals surface area contributed by atoms with E-state index in [2.05, 4.69) is 4.99 Å². The number of fused-ring (bicyclic) bond motifs is 1. The molecule has 2 aliphatic heterocycles. The minimum absolute atomic E-state index is 0.0161. The highest BCUT2D eigenvalue weighted by atomic mass is 19.1. The second kappa shape index (κ2) is 5.45. The van der Waals surface area contributed by atoms with Crippen molar-refractivity contribution >= 4 is 17.9 Å². The number of hydrogen-bond donors (Lipinski definition) is 0. The topological polar surface area (TPSA) is 57.1 Å². The van der Waals surface area contributed by atoms with E-state index in [-0.39, 0.29) is 24.0 Å². The van der Waals surface area contributed by atoms with E-state index in [9.17, 15) is 13.6 Å². The van der Waals surface area contributed by atoms with E-state index >= 15 is 0 Å². The molecule has 0 N–H and O–H groups in total. The highest BCUT2D eigenvalue weighted by Gasteiger charge is 2.27. The summed E-state index contributed by atoms with van der Waals surface area (Å²) in [6.07, 6.45) is 1.46. The number of carbonyl (C=O) groups excluding carboxylic acids is 1. The number of ether oxygens (including phenoxy) is 3. The van der Waals surface area contributed by atoms with E-state index in [1.165, 1.54) is 6.08 Å². The maximum atomic E-state index is 13.8. The van der Waals surface area contributed by atoms with Crippen LogP contribution in [0.1, 0.15) is 11.1 Å². The van der Waals surface area contributed by atoms with Crippen LogP contribution in [-0.2, 0) is 9.53 Å². The molecule has 5 nitrogen and oxygen atoms in total. The molecule has 2 aliphatic rings. The van der Waals surface area contributed by atoms with Crippen LogP contribution in [-0.4, -0.2) is 18.7 Å². The van der Waals surface area contributed by atoms with Crippen molar-refractivity contribution < 1.29 is 27.8 Å². The number of rotatable bonds is 2. The van der Waals surface area contributed by atoms with Crippen LogP contribution in [0.5, 0.6) is 11.5 Å². The molecule has 0 amide bonds. The van der Waals surface area contributed by atoms with Crippen molar-refractivity contribution in [1.82, 2.24) is 0 Å². The van der Waals surface area contributed by atoms with Gasteiger partial charge in [0.2, 0.25) is 12.7 Å². The quantitative estimate of drug-likeness (QED) is 0.628. The number of benzene rings is 2. The molecule has 120 valence electrons. The van der Waals surface area contributed by atoms with Crippen molar-refractivity contribution in [3.05, 3.63) is 64.9 Å². The predicted molar refractivity (Wildman–Crippen MR) is 79.5 cm³/mol. The second-order valence-electron chi connectivity index (χ2n) is 5.04. The first-order valence-corrected chi connectivity index (χ1v) is 6.98. The molecule has 2 heterocycles. The van der Waals surface area contributed by atoms with Crippen molar-refractivity contribution in [2.75, 3.05) is 6.79 Å². The molecule has 0 bridgehead atoms. The Labute approximate surface area is 134 Å². The van der Waals surface area contributed by atoms with Gasteiger partial charge in [0.05, 0.1) is 5.56 Å².